The van der Waals surface area contributed by atoms with E-state index in [1.54, 1.807) is 24.3 Å². The third-order valence-corrected chi connectivity index (χ3v) is 3.48. The number of nitrogens with one attached hydrogen (secondary N) is 1. The summed E-state index contributed by atoms with van der Waals surface area (Å²) in [6.07, 6.45) is -0.620. The highest BCUT2D eigenvalue weighted by atomic mass is 16.6. The van der Waals surface area contributed by atoms with Crippen LogP contribution in [0.5, 0.6) is 5.75 Å². The van der Waals surface area contributed by atoms with Gasteiger partial charge in [-0.05, 0) is 35.9 Å². The van der Waals surface area contributed by atoms with Crippen molar-refractivity contribution >= 4 is 29.3 Å². The lowest BCUT2D eigenvalue weighted by atomic mass is 10.1. The molecule has 0 atom stereocenters. The normalized spacial score (nSPS) is 10.0. The molecule has 0 aliphatic rings. The Labute approximate surface area is 156 Å². The number of benzene rings is 2. The summed E-state index contributed by atoms with van der Waals surface area (Å²) in [7, 11) is 3.07. The molecule has 0 saturated heterocycles. The molecule has 7 N–H and O–H groups in total. The van der Waals surface area contributed by atoms with Crippen LogP contribution < -0.4 is 27.3 Å². The fourth-order valence-corrected chi connectivity index (χ4v) is 2.11. The second-order valence-corrected chi connectivity index (χ2v) is 5.83. The molecule has 2 amide bonds. The molecular weight excluding hydrogens is 348 g/mol. The molecule has 2 aromatic rings. The Morgan fingerprint density at radius 1 is 1.11 bits per heavy atom. The Kier molecular flexibility index (Phi) is 6.34. The molecule has 27 heavy (non-hydrogen) atoms. The van der Waals surface area contributed by atoms with Crippen LogP contribution in [0.4, 0.5) is 16.2 Å². The Morgan fingerprint density at radius 3 is 2.33 bits per heavy atom. The Balaban J connectivity index is 2.34. The first kappa shape index (κ1) is 19.7. The Bertz CT molecular complexity index is 858. The summed E-state index contributed by atoms with van der Waals surface area (Å²) >= 11 is 0. The number of nitrogens with two attached hydrogens (primary N) is 3. The van der Waals surface area contributed by atoms with Crippen molar-refractivity contribution in [1.29, 1.82) is 0 Å². The van der Waals surface area contributed by atoms with Crippen molar-refractivity contribution in [3.8, 4) is 5.75 Å². The quantitative estimate of drug-likeness (QED) is 0.461. The van der Waals surface area contributed by atoms with Crippen LogP contribution in [-0.4, -0.2) is 37.0 Å². The summed E-state index contributed by atoms with van der Waals surface area (Å²) in [4.78, 5) is 29.8. The highest BCUT2D eigenvalue weighted by Crippen LogP contribution is 2.26. The van der Waals surface area contributed by atoms with Gasteiger partial charge in [-0.15, -0.1) is 0 Å². The largest absolute Gasteiger partial charge is 0.414 e. The minimum atomic E-state index is -0.620. The number of hydrogen-bond acceptors (Lipinski definition) is 5. The Morgan fingerprint density at radius 2 is 1.78 bits per heavy atom. The predicted octanol–water partition coefficient (Wildman–Crippen LogP) is 1.36. The molecule has 0 aliphatic heterocycles. The number of nitrogens with zero attached hydrogens (tertiary/aromatic N) is 2. The summed E-state index contributed by atoms with van der Waals surface area (Å²) in [5, 5.41) is 2.74. The van der Waals surface area contributed by atoms with Gasteiger partial charge in [0.2, 0.25) is 0 Å². The van der Waals surface area contributed by atoms with Gasteiger partial charge in [-0.3, -0.25) is 4.79 Å². The molecule has 9 nitrogen and oxygen atoms in total. The summed E-state index contributed by atoms with van der Waals surface area (Å²) in [6.45, 7) is 0.402. The molecule has 9 heteroatoms. The number of hydrogen-bond donors (Lipinski definition) is 4. The third-order valence-electron chi connectivity index (χ3n) is 3.48. The topological polar surface area (TPSA) is 149 Å². The van der Waals surface area contributed by atoms with Crippen LogP contribution in [0.15, 0.2) is 47.5 Å². The lowest BCUT2D eigenvalue weighted by Crippen LogP contribution is -2.26. The van der Waals surface area contributed by atoms with E-state index >= 15 is 0 Å². The number of guanidine groups is 1. The number of rotatable bonds is 5. The van der Waals surface area contributed by atoms with Crippen LogP contribution in [0.2, 0.25) is 0 Å². The van der Waals surface area contributed by atoms with Crippen LogP contribution in [0.25, 0.3) is 0 Å². The maximum atomic E-state index is 12.7. The van der Waals surface area contributed by atoms with Gasteiger partial charge in [0.05, 0.1) is 11.3 Å². The van der Waals surface area contributed by atoms with Crippen LogP contribution >= 0.6 is 0 Å². The summed E-state index contributed by atoms with van der Waals surface area (Å²) < 4.78 is 5.26. The minimum absolute atomic E-state index is 0.0827. The lowest BCUT2D eigenvalue weighted by molar-refractivity contribution is 0.102. The van der Waals surface area contributed by atoms with Crippen molar-refractivity contribution in [2.24, 2.45) is 22.2 Å². The van der Waals surface area contributed by atoms with E-state index in [9.17, 15) is 9.59 Å². The average molecular weight is 370 g/mol. The monoisotopic (exact) mass is 370 g/mol. The minimum Gasteiger partial charge on any atom is -0.409 e. The van der Waals surface area contributed by atoms with Gasteiger partial charge in [0.1, 0.15) is 5.75 Å². The van der Waals surface area contributed by atoms with E-state index in [1.807, 2.05) is 0 Å². The molecule has 0 fully saturated rings. The van der Waals surface area contributed by atoms with E-state index in [0.717, 1.165) is 5.56 Å². The van der Waals surface area contributed by atoms with Crippen LogP contribution in [0.3, 0.4) is 0 Å². The molecule has 0 spiro atoms. The van der Waals surface area contributed by atoms with E-state index in [-0.39, 0.29) is 17.3 Å². The predicted molar refractivity (Wildman–Crippen MR) is 104 cm³/mol. The van der Waals surface area contributed by atoms with Gasteiger partial charge in [0.25, 0.3) is 5.91 Å². The van der Waals surface area contributed by atoms with Gasteiger partial charge < -0.3 is 32.2 Å². The SMILES string of the molecule is CN(C)C(=O)Oc1ccc(N=C(N)N)cc1C(=O)Nc1ccc(CN)cc1. The highest BCUT2D eigenvalue weighted by molar-refractivity contribution is 6.07. The summed E-state index contributed by atoms with van der Waals surface area (Å²) in [6, 6.07) is 11.5. The van der Waals surface area contributed by atoms with Gasteiger partial charge in [0, 0.05) is 26.3 Å². The van der Waals surface area contributed by atoms with Gasteiger partial charge in [0.15, 0.2) is 5.96 Å². The molecule has 0 saturated carbocycles. The van der Waals surface area contributed by atoms with E-state index in [0.29, 0.717) is 17.9 Å². The highest BCUT2D eigenvalue weighted by Gasteiger charge is 2.18. The zero-order chi connectivity index (χ0) is 20.0. The number of ether oxygens (including phenoxy) is 1. The van der Waals surface area contributed by atoms with Crippen molar-refractivity contribution in [1.82, 2.24) is 4.90 Å². The van der Waals surface area contributed by atoms with Crippen LogP contribution in [0, 0.1) is 0 Å². The maximum Gasteiger partial charge on any atom is 0.414 e. The van der Waals surface area contributed by atoms with Crippen LogP contribution in [0.1, 0.15) is 15.9 Å². The van der Waals surface area contributed by atoms with Crippen molar-refractivity contribution in [2.75, 3.05) is 19.4 Å². The number of aliphatic imine (C=N–C) groups is 1. The first-order chi connectivity index (χ1) is 12.8. The molecule has 0 unspecified atom stereocenters. The Hall–Kier alpha value is -3.59. The number of carbonyl (C=O) groups excluding carboxylic acids is 2. The fraction of sp³-hybridized carbons (Fsp3) is 0.167. The maximum absolute atomic E-state index is 12.7. The molecule has 0 bridgehead atoms. The standard InChI is InChI=1S/C18H22N6O3/c1-24(2)18(26)27-15-8-7-13(23-17(20)21)9-14(15)16(25)22-12-5-3-11(10-19)4-6-12/h3-9H,10,19H2,1-2H3,(H,22,25)(H4,20,21,23). The van der Waals surface area contributed by atoms with E-state index in [1.165, 1.54) is 37.2 Å². The molecular formula is C18H22N6O3. The second kappa shape index (κ2) is 8.68. The molecule has 0 aliphatic carbocycles. The van der Waals surface area contributed by atoms with Crippen molar-refractivity contribution in [3.05, 3.63) is 53.6 Å². The molecule has 142 valence electrons. The number of amides is 2. The first-order valence-corrected chi connectivity index (χ1v) is 8.03. The van der Waals surface area contributed by atoms with E-state index < -0.39 is 12.0 Å². The molecule has 2 aromatic carbocycles. The molecule has 0 heterocycles. The van der Waals surface area contributed by atoms with E-state index in [2.05, 4.69) is 10.3 Å². The fourth-order valence-electron chi connectivity index (χ4n) is 2.11. The van der Waals surface area contributed by atoms with Gasteiger partial charge in [-0.25, -0.2) is 9.79 Å². The first-order valence-electron chi connectivity index (χ1n) is 8.03. The van der Waals surface area contributed by atoms with Crippen molar-refractivity contribution < 1.29 is 14.3 Å². The lowest BCUT2D eigenvalue weighted by Gasteiger charge is -2.14. The number of anilines is 1. The van der Waals surface area contributed by atoms with Crippen LogP contribution in [-0.2, 0) is 6.54 Å². The van der Waals surface area contributed by atoms with E-state index in [4.69, 9.17) is 21.9 Å². The summed E-state index contributed by atoms with van der Waals surface area (Å²) in [5.41, 5.74) is 18.3. The molecule has 2 rings (SSSR count). The van der Waals surface area contributed by atoms with Gasteiger partial charge in [-0.1, -0.05) is 12.1 Å². The molecule has 0 aromatic heterocycles. The van der Waals surface area contributed by atoms with Crippen molar-refractivity contribution in [2.45, 2.75) is 6.54 Å². The van der Waals surface area contributed by atoms with Gasteiger partial charge in [-0.2, -0.15) is 0 Å². The smallest absolute Gasteiger partial charge is 0.409 e. The number of carbonyl (C=O) groups is 2. The zero-order valence-electron chi connectivity index (χ0n) is 15.1. The van der Waals surface area contributed by atoms with Crippen molar-refractivity contribution in [3.63, 3.8) is 0 Å². The zero-order valence-corrected chi connectivity index (χ0v) is 15.1. The summed E-state index contributed by atoms with van der Waals surface area (Å²) in [5.74, 6) is -0.555. The average Bonchev–Trinajstić information content (AvgIpc) is 2.62. The molecule has 0 radical (unpaired) electrons. The van der Waals surface area contributed by atoms with Gasteiger partial charge >= 0.3 is 6.09 Å². The second-order valence-electron chi connectivity index (χ2n) is 5.83. The third kappa shape index (κ3) is 5.44.